The van der Waals surface area contributed by atoms with Crippen LogP contribution in [0, 0.1) is 5.92 Å². The monoisotopic (exact) mass is 389 g/mol. The van der Waals surface area contributed by atoms with Gasteiger partial charge in [0.1, 0.15) is 6.61 Å². The molecule has 27 heavy (non-hydrogen) atoms. The summed E-state index contributed by atoms with van der Waals surface area (Å²) in [5.41, 5.74) is 2.00. The van der Waals surface area contributed by atoms with Crippen LogP contribution in [0.15, 0.2) is 59.5 Å². The van der Waals surface area contributed by atoms with Crippen LogP contribution < -0.4 is 5.32 Å². The summed E-state index contributed by atoms with van der Waals surface area (Å²) in [5.74, 6) is 0.238. The van der Waals surface area contributed by atoms with E-state index in [0.29, 0.717) is 12.0 Å². The van der Waals surface area contributed by atoms with Crippen LogP contribution in [0.1, 0.15) is 24.0 Å². The Balaban J connectivity index is 1.33. The first kappa shape index (κ1) is 19.5. The first-order chi connectivity index (χ1) is 12.9. The minimum absolute atomic E-state index is 0.0894. The van der Waals surface area contributed by atoms with Gasteiger partial charge in [-0.2, -0.15) is 8.42 Å². The van der Waals surface area contributed by atoms with Crippen molar-refractivity contribution < 1.29 is 22.5 Å². The number of carbonyl (C=O) groups excluding carboxylic acids is 1. The molecule has 7 heteroatoms. The highest BCUT2D eigenvalue weighted by Crippen LogP contribution is 2.30. The van der Waals surface area contributed by atoms with Gasteiger partial charge in [0.25, 0.3) is 10.1 Å². The lowest BCUT2D eigenvalue weighted by Gasteiger charge is -2.36. The van der Waals surface area contributed by atoms with Gasteiger partial charge in [0.2, 0.25) is 0 Å². The summed E-state index contributed by atoms with van der Waals surface area (Å²) in [6, 6.07) is 16.2. The Kier molecular flexibility index (Phi) is 6.26. The van der Waals surface area contributed by atoms with Crippen molar-refractivity contribution in [2.75, 3.05) is 6.54 Å². The van der Waals surface area contributed by atoms with E-state index in [1.807, 2.05) is 30.3 Å². The molecule has 3 rings (SSSR count). The van der Waals surface area contributed by atoms with E-state index in [9.17, 15) is 13.2 Å². The van der Waals surface area contributed by atoms with Gasteiger partial charge in [0.15, 0.2) is 0 Å². The Hall–Kier alpha value is -2.22. The van der Waals surface area contributed by atoms with Crippen molar-refractivity contribution in [1.82, 2.24) is 5.32 Å². The molecule has 2 aromatic rings. The van der Waals surface area contributed by atoms with Crippen LogP contribution in [0.2, 0.25) is 0 Å². The molecule has 6 nitrogen and oxygen atoms in total. The van der Waals surface area contributed by atoms with Crippen LogP contribution in [-0.4, -0.2) is 31.5 Å². The van der Waals surface area contributed by atoms with Gasteiger partial charge in [-0.05, 0) is 48.4 Å². The summed E-state index contributed by atoms with van der Waals surface area (Å²) in [5, 5.41) is 3.21. The Morgan fingerprint density at radius 2 is 1.70 bits per heavy atom. The smallest absolute Gasteiger partial charge is 0.320 e. The van der Waals surface area contributed by atoms with Crippen LogP contribution in [0.3, 0.4) is 0 Å². The highest BCUT2D eigenvalue weighted by Gasteiger charge is 2.29. The average Bonchev–Trinajstić information content (AvgIpc) is 2.62. The summed E-state index contributed by atoms with van der Waals surface area (Å²) in [7, 11) is -4.14. The van der Waals surface area contributed by atoms with Crippen molar-refractivity contribution in [2.24, 2.45) is 5.92 Å². The molecule has 0 spiro atoms. The highest BCUT2D eigenvalue weighted by molar-refractivity contribution is 7.85. The number of hydrogen-bond donors (Lipinski definition) is 2. The first-order valence-electron chi connectivity index (χ1n) is 8.89. The van der Waals surface area contributed by atoms with Gasteiger partial charge < -0.3 is 10.1 Å². The maximum absolute atomic E-state index is 11.8. The molecule has 0 unspecified atom stereocenters. The topological polar surface area (TPSA) is 92.7 Å². The lowest BCUT2D eigenvalue weighted by Crippen LogP contribution is -2.44. The third-order valence-electron chi connectivity index (χ3n) is 4.76. The van der Waals surface area contributed by atoms with Crippen molar-refractivity contribution in [3.8, 4) is 0 Å². The van der Waals surface area contributed by atoms with Gasteiger partial charge in [-0.15, -0.1) is 0 Å². The molecule has 1 aliphatic carbocycles. The Morgan fingerprint density at radius 3 is 2.33 bits per heavy atom. The van der Waals surface area contributed by atoms with Crippen LogP contribution >= 0.6 is 0 Å². The van der Waals surface area contributed by atoms with Gasteiger partial charge in [-0.25, -0.2) is 0 Å². The summed E-state index contributed by atoms with van der Waals surface area (Å²) >= 11 is 0. The molecule has 0 atom stereocenters. The summed E-state index contributed by atoms with van der Waals surface area (Å²) < 4.78 is 36.3. The number of nitrogens with one attached hydrogen (secondary N) is 1. The van der Waals surface area contributed by atoms with Crippen LogP contribution in [0.4, 0.5) is 0 Å². The van der Waals surface area contributed by atoms with Gasteiger partial charge in [0, 0.05) is 6.04 Å². The SMILES string of the molecule is O=C(CNC1CC(Cc2ccc(S(=O)(=O)O)cc2)C1)OCc1ccccc1. The molecule has 0 heterocycles. The lowest BCUT2D eigenvalue weighted by molar-refractivity contribution is -0.144. The van der Waals surface area contributed by atoms with Crippen molar-refractivity contribution >= 4 is 16.1 Å². The Morgan fingerprint density at radius 1 is 1.04 bits per heavy atom. The molecular weight excluding hydrogens is 366 g/mol. The van der Waals surface area contributed by atoms with Crippen LogP contribution in [-0.2, 0) is 32.7 Å². The average molecular weight is 389 g/mol. The van der Waals surface area contributed by atoms with Gasteiger partial charge in [0.05, 0.1) is 11.4 Å². The highest BCUT2D eigenvalue weighted by atomic mass is 32.2. The minimum atomic E-state index is -4.14. The van der Waals surface area contributed by atoms with Gasteiger partial charge in [-0.1, -0.05) is 42.5 Å². The zero-order valence-electron chi connectivity index (χ0n) is 14.9. The maximum atomic E-state index is 11.8. The standard InChI is InChI=1S/C20H23NO5S/c22-20(26-14-16-4-2-1-3-5-16)13-21-18-11-17(12-18)10-15-6-8-19(9-7-15)27(23,24)25/h1-9,17-18,21H,10-14H2,(H,23,24,25). The number of rotatable bonds is 8. The summed E-state index contributed by atoms with van der Waals surface area (Å²) in [6.07, 6.45) is 2.78. The number of carbonyl (C=O) groups is 1. The molecule has 144 valence electrons. The molecule has 0 amide bonds. The first-order valence-corrected chi connectivity index (χ1v) is 10.3. The molecule has 0 aromatic heterocycles. The fraction of sp³-hybridized carbons (Fsp3) is 0.350. The van der Waals surface area contributed by atoms with Crippen molar-refractivity contribution in [3.63, 3.8) is 0 Å². The molecule has 2 N–H and O–H groups in total. The summed E-state index contributed by atoms with van der Waals surface area (Å²) in [6.45, 7) is 0.488. The van der Waals surface area contributed by atoms with E-state index in [2.05, 4.69) is 5.32 Å². The van der Waals surface area contributed by atoms with Crippen molar-refractivity contribution in [3.05, 3.63) is 65.7 Å². The quantitative estimate of drug-likeness (QED) is 0.533. The van der Waals surface area contributed by atoms with Crippen molar-refractivity contribution in [1.29, 1.82) is 0 Å². The summed E-state index contributed by atoms with van der Waals surface area (Å²) in [4.78, 5) is 11.7. The van der Waals surface area contributed by atoms with E-state index in [0.717, 1.165) is 30.4 Å². The number of esters is 1. The van der Waals surface area contributed by atoms with E-state index < -0.39 is 10.1 Å². The van der Waals surface area contributed by atoms with Gasteiger partial charge >= 0.3 is 5.97 Å². The molecule has 0 radical (unpaired) electrons. The third kappa shape index (κ3) is 5.89. The molecule has 1 fully saturated rings. The molecule has 2 aromatic carbocycles. The fourth-order valence-corrected chi connectivity index (χ4v) is 3.70. The van der Waals surface area contributed by atoms with E-state index in [1.165, 1.54) is 12.1 Å². The van der Waals surface area contributed by atoms with E-state index >= 15 is 0 Å². The zero-order valence-corrected chi connectivity index (χ0v) is 15.7. The second-order valence-electron chi connectivity index (χ2n) is 6.88. The molecule has 1 aliphatic rings. The van der Waals surface area contributed by atoms with E-state index in [4.69, 9.17) is 9.29 Å². The Labute approximate surface area is 159 Å². The normalized spacial score (nSPS) is 19.3. The maximum Gasteiger partial charge on any atom is 0.320 e. The van der Waals surface area contributed by atoms with Crippen molar-refractivity contribution in [2.45, 2.75) is 36.8 Å². The predicted molar refractivity (Wildman–Crippen MR) is 101 cm³/mol. The van der Waals surface area contributed by atoms with Crippen LogP contribution in [0.25, 0.3) is 0 Å². The van der Waals surface area contributed by atoms with E-state index in [-0.39, 0.29) is 24.0 Å². The third-order valence-corrected chi connectivity index (χ3v) is 5.63. The minimum Gasteiger partial charge on any atom is -0.460 e. The molecule has 0 bridgehead atoms. The fourth-order valence-electron chi connectivity index (χ4n) is 3.22. The van der Waals surface area contributed by atoms with Gasteiger partial charge in [-0.3, -0.25) is 9.35 Å². The predicted octanol–water partition coefficient (Wildman–Crippen LogP) is 2.59. The number of ether oxygens (including phenoxy) is 1. The Bertz CT molecular complexity index is 859. The molecule has 0 aliphatic heterocycles. The zero-order chi connectivity index (χ0) is 19.3. The second kappa shape index (κ2) is 8.65. The molecule has 0 saturated heterocycles. The molecule has 1 saturated carbocycles. The second-order valence-corrected chi connectivity index (χ2v) is 8.31. The number of benzene rings is 2. The largest absolute Gasteiger partial charge is 0.460 e. The lowest BCUT2D eigenvalue weighted by atomic mass is 9.76. The van der Waals surface area contributed by atoms with Crippen LogP contribution in [0.5, 0.6) is 0 Å². The van der Waals surface area contributed by atoms with E-state index in [1.54, 1.807) is 12.1 Å². The number of hydrogen-bond acceptors (Lipinski definition) is 5. The molecular formula is C20H23NO5S.